The summed E-state index contributed by atoms with van der Waals surface area (Å²) in [6.07, 6.45) is 1.78. The number of benzene rings is 1. The summed E-state index contributed by atoms with van der Waals surface area (Å²) >= 11 is 7.13. The molecule has 0 unspecified atom stereocenters. The summed E-state index contributed by atoms with van der Waals surface area (Å²) in [5.74, 6) is -1.46. The summed E-state index contributed by atoms with van der Waals surface area (Å²) in [7, 11) is 0. The smallest absolute Gasteiger partial charge is 0.231 e. The van der Waals surface area contributed by atoms with E-state index in [1.807, 2.05) is 6.92 Å². The van der Waals surface area contributed by atoms with Gasteiger partial charge in [0.25, 0.3) is 0 Å². The van der Waals surface area contributed by atoms with Gasteiger partial charge in [-0.15, -0.1) is 11.3 Å². The summed E-state index contributed by atoms with van der Waals surface area (Å²) in [6.45, 7) is 2.13. The van der Waals surface area contributed by atoms with Gasteiger partial charge in [-0.2, -0.15) is 0 Å². The molecular formula is C15H13ClFN3O2S. The molecular weight excluding hydrogens is 341 g/mol. The van der Waals surface area contributed by atoms with E-state index >= 15 is 0 Å². The number of rotatable bonds is 3. The van der Waals surface area contributed by atoms with Crippen molar-refractivity contribution in [3.63, 3.8) is 0 Å². The molecule has 0 bridgehead atoms. The van der Waals surface area contributed by atoms with Gasteiger partial charge in [0, 0.05) is 29.7 Å². The van der Waals surface area contributed by atoms with Gasteiger partial charge in [0.15, 0.2) is 5.13 Å². The van der Waals surface area contributed by atoms with Crippen molar-refractivity contribution in [2.75, 3.05) is 16.8 Å². The predicted molar refractivity (Wildman–Crippen MR) is 87.4 cm³/mol. The van der Waals surface area contributed by atoms with Crippen LogP contribution in [0.5, 0.6) is 0 Å². The average Bonchev–Trinajstić information content (AvgIpc) is 3.08. The van der Waals surface area contributed by atoms with Gasteiger partial charge < -0.3 is 10.2 Å². The number of nitrogens with zero attached hydrogens (tertiary/aromatic N) is 2. The third-order valence-electron chi connectivity index (χ3n) is 3.56. The van der Waals surface area contributed by atoms with Crippen molar-refractivity contribution in [1.82, 2.24) is 4.98 Å². The lowest BCUT2D eigenvalue weighted by Crippen LogP contribution is -2.28. The van der Waals surface area contributed by atoms with Gasteiger partial charge in [-0.1, -0.05) is 11.6 Å². The Labute approximate surface area is 141 Å². The normalized spacial score (nSPS) is 17.6. The van der Waals surface area contributed by atoms with Gasteiger partial charge in [0.05, 0.1) is 10.9 Å². The van der Waals surface area contributed by atoms with Crippen molar-refractivity contribution in [1.29, 1.82) is 0 Å². The molecule has 120 valence electrons. The molecule has 2 amide bonds. The average molecular weight is 354 g/mol. The number of aromatic nitrogens is 1. The van der Waals surface area contributed by atoms with Crippen LogP contribution in [0.25, 0.3) is 0 Å². The van der Waals surface area contributed by atoms with E-state index < -0.39 is 11.7 Å². The zero-order valence-corrected chi connectivity index (χ0v) is 13.7. The highest BCUT2D eigenvalue weighted by atomic mass is 35.5. The van der Waals surface area contributed by atoms with Crippen LogP contribution in [0.15, 0.2) is 24.4 Å². The largest absolute Gasteiger partial charge is 0.312 e. The van der Waals surface area contributed by atoms with Gasteiger partial charge >= 0.3 is 0 Å². The number of amides is 2. The fraction of sp³-hybridized carbons (Fsp3) is 0.267. The molecule has 2 heterocycles. The number of carbonyl (C=O) groups excluding carboxylic acids is 2. The van der Waals surface area contributed by atoms with Gasteiger partial charge in [0.1, 0.15) is 5.82 Å². The van der Waals surface area contributed by atoms with Gasteiger partial charge in [-0.25, -0.2) is 9.37 Å². The third kappa shape index (κ3) is 3.35. The van der Waals surface area contributed by atoms with E-state index in [0.29, 0.717) is 10.8 Å². The number of anilines is 2. The maximum atomic E-state index is 13.2. The summed E-state index contributed by atoms with van der Waals surface area (Å²) in [4.78, 5) is 30.9. The molecule has 0 aliphatic carbocycles. The molecule has 1 aliphatic heterocycles. The molecule has 1 aromatic heterocycles. The minimum absolute atomic E-state index is 0.0542. The number of hydrogen-bond donors (Lipinski definition) is 1. The number of hydrogen-bond acceptors (Lipinski definition) is 4. The summed E-state index contributed by atoms with van der Waals surface area (Å²) in [5.41, 5.74) is 0.488. The molecule has 23 heavy (non-hydrogen) atoms. The molecule has 0 radical (unpaired) electrons. The van der Waals surface area contributed by atoms with Crippen molar-refractivity contribution < 1.29 is 14.0 Å². The monoisotopic (exact) mass is 353 g/mol. The first-order chi connectivity index (χ1) is 10.9. The Morgan fingerprint density at radius 1 is 1.52 bits per heavy atom. The van der Waals surface area contributed by atoms with E-state index in [1.165, 1.54) is 34.4 Å². The molecule has 5 nitrogen and oxygen atoms in total. The second-order valence-electron chi connectivity index (χ2n) is 5.27. The van der Waals surface area contributed by atoms with Crippen molar-refractivity contribution in [3.8, 4) is 0 Å². The molecule has 1 aliphatic rings. The second-order valence-corrected chi connectivity index (χ2v) is 6.91. The van der Waals surface area contributed by atoms with Crippen molar-refractivity contribution >= 4 is 45.6 Å². The number of aryl methyl sites for hydroxylation is 1. The number of carbonyl (C=O) groups is 2. The first-order valence-corrected chi connectivity index (χ1v) is 8.12. The predicted octanol–water partition coefficient (Wildman–Crippen LogP) is 3.24. The lowest BCUT2D eigenvalue weighted by atomic mass is 10.1. The first-order valence-electron chi connectivity index (χ1n) is 6.93. The SMILES string of the molecule is Cc1cnc(NC(=O)[C@@H]2CC(=O)N(c3ccc(F)c(Cl)c3)C2)s1. The maximum Gasteiger partial charge on any atom is 0.231 e. The Kier molecular flexibility index (Phi) is 4.32. The van der Waals surface area contributed by atoms with Crippen molar-refractivity contribution in [2.24, 2.45) is 5.92 Å². The van der Waals surface area contributed by atoms with Crippen molar-refractivity contribution in [3.05, 3.63) is 40.1 Å². The molecule has 2 aromatic rings. The van der Waals surface area contributed by atoms with Crippen LogP contribution in [0.4, 0.5) is 15.2 Å². The summed E-state index contributed by atoms with van der Waals surface area (Å²) in [5, 5.41) is 3.18. The fourth-order valence-electron chi connectivity index (χ4n) is 2.41. The van der Waals surface area contributed by atoms with Crippen LogP contribution < -0.4 is 10.2 Å². The van der Waals surface area contributed by atoms with E-state index in [9.17, 15) is 14.0 Å². The van der Waals surface area contributed by atoms with E-state index in [2.05, 4.69) is 10.3 Å². The van der Waals surface area contributed by atoms with Gasteiger partial charge in [-0.3, -0.25) is 9.59 Å². The van der Waals surface area contributed by atoms with Crippen LogP contribution in [0.3, 0.4) is 0 Å². The van der Waals surface area contributed by atoms with Crippen LogP contribution >= 0.6 is 22.9 Å². The van der Waals surface area contributed by atoms with E-state index in [0.717, 1.165) is 4.88 Å². The second kappa shape index (κ2) is 6.25. The maximum absolute atomic E-state index is 13.2. The number of thiazole rings is 1. The zero-order valence-electron chi connectivity index (χ0n) is 12.2. The number of nitrogens with one attached hydrogen (secondary N) is 1. The first kappa shape index (κ1) is 15.9. The highest BCUT2D eigenvalue weighted by Gasteiger charge is 2.35. The van der Waals surface area contributed by atoms with Crippen LogP contribution in [0.1, 0.15) is 11.3 Å². The Hall–Kier alpha value is -1.99. The third-order valence-corrected chi connectivity index (χ3v) is 4.68. The van der Waals surface area contributed by atoms with Gasteiger partial charge in [0.2, 0.25) is 11.8 Å². The van der Waals surface area contributed by atoms with Crippen LogP contribution in [0.2, 0.25) is 5.02 Å². The highest BCUT2D eigenvalue weighted by Crippen LogP contribution is 2.29. The molecule has 1 fully saturated rings. The molecule has 1 saturated heterocycles. The topological polar surface area (TPSA) is 62.3 Å². The van der Waals surface area contributed by atoms with Crippen molar-refractivity contribution in [2.45, 2.75) is 13.3 Å². The summed E-state index contributed by atoms with van der Waals surface area (Å²) in [6, 6.07) is 4.07. The molecule has 8 heteroatoms. The molecule has 1 aromatic carbocycles. The minimum atomic E-state index is -0.546. The van der Waals surface area contributed by atoms with Crippen LogP contribution in [-0.2, 0) is 9.59 Å². The standard InChI is InChI=1S/C15H13ClFN3O2S/c1-8-6-18-15(23-8)19-14(22)9-4-13(21)20(7-9)10-2-3-12(17)11(16)5-10/h2-3,5-6,9H,4,7H2,1H3,(H,18,19,22)/t9-/m1/s1. The molecule has 3 rings (SSSR count). The Morgan fingerprint density at radius 3 is 2.96 bits per heavy atom. The zero-order chi connectivity index (χ0) is 16.6. The molecule has 1 atom stereocenters. The van der Waals surface area contributed by atoms with Gasteiger partial charge in [-0.05, 0) is 25.1 Å². The minimum Gasteiger partial charge on any atom is -0.312 e. The van der Waals surface area contributed by atoms with E-state index in [4.69, 9.17) is 11.6 Å². The Balaban J connectivity index is 1.71. The summed E-state index contributed by atoms with van der Waals surface area (Å²) < 4.78 is 13.2. The molecule has 0 saturated carbocycles. The van der Waals surface area contributed by atoms with E-state index in [1.54, 1.807) is 6.20 Å². The van der Waals surface area contributed by atoms with E-state index in [-0.39, 0.29) is 29.8 Å². The number of halogens is 2. The van der Waals surface area contributed by atoms with Crippen LogP contribution in [0, 0.1) is 18.7 Å². The quantitative estimate of drug-likeness (QED) is 0.921. The Bertz CT molecular complexity index is 780. The molecule has 0 spiro atoms. The fourth-order valence-corrected chi connectivity index (χ4v) is 3.25. The Morgan fingerprint density at radius 2 is 2.30 bits per heavy atom. The molecule has 1 N–H and O–H groups in total. The van der Waals surface area contributed by atoms with Crippen LogP contribution in [-0.4, -0.2) is 23.3 Å². The lowest BCUT2D eigenvalue weighted by molar-refractivity contribution is -0.122. The highest BCUT2D eigenvalue weighted by molar-refractivity contribution is 7.15. The lowest BCUT2D eigenvalue weighted by Gasteiger charge is -2.17.